The lowest BCUT2D eigenvalue weighted by atomic mass is 9.56. The van der Waals surface area contributed by atoms with Gasteiger partial charge in [-0.3, -0.25) is 4.79 Å². The summed E-state index contributed by atoms with van der Waals surface area (Å²) < 4.78 is 7.00. The fraction of sp³-hybridized carbons (Fsp3) is 0.821. The molecule has 1 spiro atoms. The highest BCUT2D eigenvalue weighted by Gasteiger charge is 2.58. The van der Waals surface area contributed by atoms with Crippen LogP contribution in [0.3, 0.4) is 0 Å². The van der Waals surface area contributed by atoms with Gasteiger partial charge in [-0.25, -0.2) is 0 Å². The average molecular weight is 424 g/mol. The van der Waals surface area contributed by atoms with Crippen LogP contribution in [0.15, 0.2) is 22.8 Å². The number of fused-ring (bicyclic) bond motifs is 6. The van der Waals surface area contributed by atoms with Crippen LogP contribution in [0.1, 0.15) is 85.5 Å². The van der Waals surface area contributed by atoms with E-state index in [1.807, 2.05) is 6.08 Å². The SMILES string of the molecule is CC1=C2C[C@H]3[C@@H](CCC4=CC(=O)CCC43C)[C@@H]2CC[C@@]2(C1)O[C@@H]1C[C@H](C)CN[C@H]1[C@H]2C. The molecule has 2 saturated heterocycles. The van der Waals surface area contributed by atoms with Gasteiger partial charge in [0.05, 0.1) is 11.7 Å². The monoisotopic (exact) mass is 423 g/mol. The van der Waals surface area contributed by atoms with Gasteiger partial charge >= 0.3 is 0 Å². The van der Waals surface area contributed by atoms with Gasteiger partial charge in [0, 0.05) is 18.4 Å². The molecular weight excluding hydrogens is 382 g/mol. The van der Waals surface area contributed by atoms with Crippen LogP contribution in [-0.2, 0) is 9.53 Å². The number of hydrogen-bond donors (Lipinski definition) is 1. The predicted octanol–water partition coefficient (Wildman–Crippen LogP) is 5.60. The number of allylic oxidation sites excluding steroid dienone is 3. The van der Waals surface area contributed by atoms with Crippen molar-refractivity contribution in [3.63, 3.8) is 0 Å². The highest BCUT2D eigenvalue weighted by Crippen LogP contribution is 2.64. The van der Waals surface area contributed by atoms with Crippen molar-refractivity contribution in [2.75, 3.05) is 6.54 Å². The van der Waals surface area contributed by atoms with Crippen molar-refractivity contribution >= 4 is 5.78 Å². The summed E-state index contributed by atoms with van der Waals surface area (Å²) in [5.41, 5.74) is 5.23. The molecule has 0 aromatic heterocycles. The van der Waals surface area contributed by atoms with E-state index in [1.165, 1.54) is 37.7 Å². The summed E-state index contributed by atoms with van der Waals surface area (Å²) in [6, 6.07) is 0.542. The summed E-state index contributed by atoms with van der Waals surface area (Å²) in [4.78, 5) is 12.1. The molecule has 3 heteroatoms. The van der Waals surface area contributed by atoms with Crippen molar-refractivity contribution < 1.29 is 9.53 Å². The van der Waals surface area contributed by atoms with Gasteiger partial charge in [0.15, 0.2) is 5.78 Å². The molecule has 4 aliphatic carbocycles. The first-order valence-electron chi connectivity index (χ1n) is 13.1. The number of carbonyl (C=O) groups excluding carboxylic acids is 1. The second kappa shape index (κ2) is 7.03. The average Bonchev–Trinajstić information content (AvgIpc) is 3.19. The lowest BCUT2D eigenvalue weighted by Gasteiger charge is -2.48. The van der Waals surface area contributed by atoms with Crippen LogP contribution < -0.4 is 5.32 Å². The van der Waals surface area contributed by atoms with Crippen molar-refractivity contribution in [3.05, 3.63) is 22.8 Å². The van der Waals surface area contributed by atoms with E-state index in [-0.39, 0.29) is 11.0 Å². The molecule has 2 heterocycles. The Kier molecular flexibility index (Phi) is 4.69. The van der Waals surface area contributed by atoms with Crippen molar-refractivity contribution in [1.82, 2.24) is 5.32 Å². The van der Waals surface area contributed by atoms with E-state index < -0.39 is 0 Å². The Labute approximate surface area is 188 Å². The third-order valence-corrected chi connectivity index (χ3v) is 10.9. The molecule has 6 rings (SSSR count). The van der Waals surface area contributed by atoms with Crippen LogP contribution in [0, 0.1) is 35.0 Å². The van der Waals surface area contributed by atoms with E-state index in [0.29, 0.717) is 23.8 Å². The fourth-order valence-electron chi connectivity index (χ4n) is 9.13. The molecule has 0 bridgehead atoms. The van der Waals surface area contributed by atoms with Gasteiger partial charge in [-0.15, -0.1) is 0 Å². The van der Waals surface area contributed by atoms with Crippen LogP contribution in [0.25, 0.3) is 0 Å². The van der Waals surface area contributed by atoms with E-state index in [2.05, 4.69) is 33.0 Å². The zero-order valence-electron chi connectivity index (χ0n) is 20.0. The van der Waals surface area contributed by atoms with Gasteiger partial charge < -0.3 is 10.1 Å². The molecule has 0 aromatic rings. The highest BCUT2D eigenvalue weighted by atomic mass is 16.5. The molecule has 2 saturated carbocycles. The van der Waals surface area contributed by atoms with Gasteiger partial charge in [-0.2, -0.15) is 0 Å². The molecule has 3 nitrogen and oxygen atoms in total. The third-order valence-electron chi connectivity index (χ3n) is 10.9. The fourth-order valence-corrected chi connectivity index (χ4v) is 9.13. The van der Waals surface area contributed by atoms with Gasteiger partial charge in [0.2, 0.25) is 0 Å². The first-order valence-corrected chi connectivity index (χ1v) is 13.1. The second-order valence-corrected chi connectivity index (χ2v) is 12.5. The second-order valence-electron chi connectivity index (χ2n) is 12.5. The summed E-state index contributed by atoms with van der Waals surface area (Å²) in [7, 11) is 0. The Morgan fingerprint density at radius 1 is 1.16 bits per heavy atom. The Hall–Kier alpha value is -0.930. The Bertz CT molecular complexity index is 857. The van der Waals surface area contributed by atoms with Gasteiger partial charge in [-0.1, -0.05) is 37.5 Å². The molecular formula is C28H41NO2. The van der Waals surface area contributed by atoms with Crippen LogP contribution >= 0.6 is 0 Å². The first kappa shape index (κ1) is 20.7. The molecule has 0 radical (unpaired) electrons. The molecule has 31 heavy (non-hydrogen) atoms. The van der Waals surface area contributed by atoms with Gasteiger partial charge in [0.1, 0.15) is 0 Å². The molecule has 9 atom stereocenters. The van der Waals surface area contributed by atoms with Crippen LogP contribution in [0.4, 0.5) is 0 Å². The van der Waals surface area contributed by atoms with E-state index in [4.69, 9.17) is 4.74 Å². The largest absolute Gasteiger partial charge is 0.369 e. The lowest BCUT2D eigenvalue weighted by Crippen LogP contribution is -2.48. The van der Waals surface area contributed by atoms with Crippen LogP contribution in [0.2, 0.25) is 0 Å². The first-order chi connectivity index (χ1) is 14.8. The molecule has 2 aliphatic heterocycles. The number of nitrogens with one attached hydrogen (secondary N) is 1. The van der Waals surface area contributed by atoms with Crippen LogP contribution in [0.5, 0.6) is 0 Å². The smallest absolute Gasteiger partial charge is 0.155 e. The van der Waals surface area contributed by atoms with Crippen molar-refractivity contribution in [2.45, 2.75) is 103 Å². The minimum atomic E-state index is 0.0458. The Morgan fingerprint density at radius 2 is 2.00 bits per heavy atom. The Morgan fingerprint density at radius 3 is 2.84 bits per heavy atom. The standard InChI is InChI=1S/C28H41NO2/c1-16-11-25-26(29-15-16)18(3)28(31-25)10-8-21-22-6-5-19-12-20(30)7-9-27(19,4)24(22)13-23(21)17(2)14-28/h12,16,18,21-22,24-26,29H,5-11,13-15H2,1-4H3/t16-,18+,21-,22-,24-,25+,26-,27?,28-/m0/s1. The summed E-state index contributed by atoms with van der Waals surface area (Å²) in [6.45, 7) is 10.9. The van der Waals surface area contributed by atoms with Crippen molar-refractivity contribution in [1.29, 1.82) is 0 Å². The molecule has 0 aromatic carbocycles. The van der Waals surface area contributed by atoms with E-state index >= 15 is 0 Å². The summed E-state index contributed by atoms with van der Waals surface area (Å²) in [5.74, 6) is 4.00. The molecule has 4 fully saturated rings. The zero-order valence-corrected chi connectivity index (χ0v) is 20.0. The summed E-state index contributed by atoms with van der Waals surface area (Å²) >= 11 is 0. The summed E-state index contributed by atoms with van der Waals surface area (Å²) in [6.07, 6.45) is 12.9. The number of rotatable bonds is 0. The minimum Gasteiger partial charge on any atom is -0.369 e. The number of carbonyl (C=O) groups is 1. The van der Waals surface area contributed by atoms with Gasteiger partial charge in [0.25, 0.3) is 0 Å². The normalized spacial score (nSPS) is 51.7. The highest BCUT2D eigenvalue weighted by molar-refractivity contribution is 5.91. The van der Waals surface area contributed by atoms with E-state index in [0.717, 1.165) is 55.9 Å². The molecule has 6 aliphatic rings. The summed E-state index contributed by atoms with van der Waals surface area (Å²) in [5, 5.41) is 3.85. The van der Waals surface area contributed by atoms with Crippen LogP contribution in [-0.4, -0.2) is 30.1 Å². The maximum atomic E-state index is 12.1. The van der Waals surface area contributed by atoms with Crippen molar-refractivity contribution in [3.8, 4) is 0 Å². The van der Waals surface area contributed by atoms with E-state index in [1.54, 1.807) is 11.1 Å². The topological polar surface area (TPSA) is 38.3 Å². The number of piperidine rings is 1. The third kappa shape index (κ3) is 2.94. The quantitative estimate of drug-likeness (QED) is 0.515. The number of ketones is 1. The maximum absolute atomic E-state index is 12.1. The minimum absolute atomic E-state index is 0.0458. The van der Waals surface area contributed by atoms with E-state index in [9.17, 15) is 4.79 Å². The van der Waals surface area contributed by atoms with Crippen molar-refractivity contribution in [2.24, 2.45) is 35.0 Å². The maximum Gasteiger partial charge on any atom is 0.155 e. The lowest BCUT2D eigenvalue weighted by molar-refractivity contribution is -0.116. The number of ether oxygens (including phenoxy) is 1. The molecule has 170 valence electrons. The molecule has 0 amide bonds. The van der Waals surface area contributed by atoms with Gasteiger partial charge in [-0.05, 0) is 100.0 Å². The molecule has 1 unspecified atom stereocenters. The zero-order chi connectivity index (χ0) is 21.5. The number of hydrogen-bond acceptors (Lipinski definition) is 3. The Balaban J connectivity index is 1.30. The predicted molar refractivity (Wildman–Crippen MR) is 124 cm³/mol. The molecule has 1 N–H and O–H groups in total.